The predicted octanol–water partition coefficient (Wildman–Crippen LogP) is 4.03. The molecule has 0 unspecified atom stereocenters. The molecule has 0 aliphatic rings. The molecule has 0 aliphatic carbocycles. The van der Waals surface area contributed by atoms with Crippen molar-refractivity contribution in [3.63, 3.8) is 0 Å². The third-order valence-corrected chi connectivity index (χ3v) is 3.68. The molecule has 1 amide bonds. The van der Waals surface area contributed by atoms with Crippen LogP contribution < -0.4 is 0 Å². The molecule has 118 valence electrons. The Morgan fingerprint density at radius 1 is 0.826 bits per heavy atom. The van der Waals surface area contributed by atoms with E-state index in [1.165, 1.54) is 0 Å². The minimum Gasteiger partial charge on any atom is -0.467 e. The topological polar surface area (TPSA) is 46.6 Å². The second-order valence-electron chi connectivity index (χ2n) is 5.39. The molecular weight excluding hydrogens is 290 g/mol. The van der Waals surface area contributed by atoms with Crippen LogP contribution in [0.1, 0.15) is 23.5 Å². The second-order valence-corrected chi connectivity index (χ2v) is 5.39. The SMILES string of the molecule is O=C(CCc1ccccc1)N(Cc1ccco1)Cc1ccco1. The van der Waals surface area contributed by atoms with Gasteiger partial charge < -0.3 is 13.7 Å². The molecular formula is C19H19NO3. The van der Waals surface area contributed by atoms with E-state index in [0.29, 0.717) is 19.5 Å². The van der Waals surface area contributed by atoms with Crippen molar-refractivity contribution in [2.24, 2.45) is 0 Å². The molecule has 0 aliphatic heterocycles. The van der Waals surface area contributed by atoms with Gasteiger partial charge in [-0.25, -0.2) is 0 Å². The maximum absolute atomic E-state index is 12.6. The highest BCUT2D eigenvalue weighted by Crippen LogP contribution is 2.14. The van der Waals surface area contributed by atoms with Crippen molar-refractivity contribution in [3.05, 3.63) is 84.2 Å². The summed E-state index contributed by atoms with van der Waals surface area (Å²) in [5, 5.41) is 0. The lowest BCUT2D eigenvalue weighted by atomic mass is 10.1. The molecule has 0 bridgehead atoms. The fourth-order valence-corrected chi connectivity index (χ4v) is 2.47. The monoisotopic (exact) mass is 309 g/mol. The summed E-state index contributed by atoms with van der Waals surface area (Å²) in [5.41, 5.74) is 1.16. The van der Waals surface area contributed by atoms with Crippen LogP contribution >= 0.6 is 0 Å². The zero-order chi connectivity index (χ0) is 15.9. The zero-order valence-corrected chi connectivity index (χ0v) is 12.9. The van der Waals surface area contributed by atoms with E-state index < -0.39 is 0 Å². The third kappa shape index (κ3) is 4.36. The van der Waals surface area contributed by atoms with Gasteiger partial charge in [0.15, 0.2) is 0 Å². The molecule has 2 aromatic heterocycles. The Balaban J connectivity index is 1.65. The van der Waals surface area contributed by atoms with Gasteiger partial charge in [0.2, 0.25) is 5.91 Å². The fraction of sp³-hybridized carbons (Fsp3) is 0.211. The Morgan fingerprint density at radius 3 is 1.96 bits per heavy atom. The van der Waals surface area contributed by atoms with E-state index in [1.807, 2.05) is 54.6 Å². The number of hydrogen-bond acceptors (Lipinski definition) is 3. The van der Waals surface area contributed by atoms with Gasteiger partial charge in [-0.05, 0) is 36.2 Å². The number of aryl methyl sites for hydroxylation is 1. The first-order chi connectivity index (χ1) is 11.3. The molecule has 2 heterocycles. The van der Waals surface area contributed by atoms with Crippen LogP contribution in [0.15, 0.2) is 76.0 Å². The van der Waals surface area contributed by atoms with Crippen LogP contribution in [0, 0.1) is 0 Å². The zero-order valence-electron chi connectivity index (χ0n) is 12.9. The number of carbonyl (C=O) groups is 1. The van der Waals surface area contributed by atoms with Crippen LogP contribution in [0.25, 0.3) is 0 Å². The number of furan rings is 2. The molecule has 0 fully saturated rings. The highest BCUT2D eigenvalue weighted by atomic mass is 16.3. The molecule has 0 saturated carbocycles. The first-order valence-corrected chi connectivity index (χ1v) is 7.68. The van der Waals surface area contributed by atoms with Gasteiger partial charge in [-0.2, -0.15) is 0 Å². The summed E-state index contributed by atoms with van der Waals surface area (Å²) in [6.45, 7) is 0.892. The van der Waals surface area contributed by atoms with Crippen molar-refractivity contribution in [1.82, 2.24) is 4.90 Å². The van der Waals surface area contributed by atoms with Gasteiger partial charge in [-0.1, -0.05) is 30.3 Å². The van der Waals surface area contributed by atoms with E-state index in [2.05, 4.69) is 0 Å². The van der Waals surface area contributed by atoms with Crippen molar-refractivity contribution >= 4 is 5.91 Å². The number of benzene rings is 1. The summed E-state index contributed by atoms with van der Waals surface area (Å²) in [4.78, 5) is 14.4. The van der Waals surface area contributed by atoms with Crippen molar-refractivity contribution < 1.29 is 13.6 Å². The molecule has 0 N–H and O–H groups in total. The van der Waals surface area contributed by atoms with Crippen LogP contribution in [0.3, 0.4) is 0 Å². The Labute approximate surface area is 135 Å². The summed E-state index contributed by atoms with van der Waals surface area (Å²) >= 11 is 0. The number of rotatable bonds is 7. The van der Waals surface area contributed by atoms with E-state index in [1.54, 1.807) is 17.4 Å². The molecule has 0 saturated heterocycles. The van der Waals surface area contributed by atoms with Gasteiger partial charge in [-0.15, -0.1) is 0 Å². The van der Waals surface area contributed by atoms with E-state index in [-0.39, 0.29) is 5.91 Å². The highest BCUT2D eigenvalue weighted by molar-refractivity contribution is 5.76. The van der Waals surface area contributed by atoms with E-state index in [4.69, 9.17) is 8.83 Å². The van der Waals surface area contributed by atoms with Gasteiger partial charge in [0.05, 0.1) is 25.6 Å². The predicted molar refractivity (Wildman–Crippen MR) is 86.4 cm³/mol. The Morgan fingerprint density at radius 2 is 1.43 bits per heavy atom. The number of hydrogen-bond donors (Lipinski definition) is 0. The first kappa shape index (κ1) is 15.2. The Kier molecular flexibility index (Phi) is 4.94. The van der Waals surface area contributed by atoms with Crippen molar-refractivity contribution in [3.8, 4) is 0 Å². The van der Waals surface area contributed by atoms with E-state index in [9.17, 15) is 4.79 Å². The molecule has 0 radical (unpaired) electrons. The average Bonchev–Trinajstić information content (AvgIpc) is 3.27. The van der Waals surface area contributed by atoms with Gasteiger partial charge in [0, 0.05) is 6.42 Å². The van der Waals surface area contributed by atoms with E-state index in [0.717, 1.165) is 23.5 Å². The average molecular weight is 309 g/mol. The van der Waals surface area contributed by atoms with Crippen molar-refractivity contribution in [2.75, 3.05) is 0 Å². The van der Waals surface area contributed by atoms with Gasteiger partial charge in [0.1, 0.15) is 11.5 Å². The maximum Gasteiger partial charge on any atom is 0.223 e. The molecule has 0 spiro atoms. The van der Waals surface area contributed by atoms with Gasteiger partial charge in [-0.3, -0.25) is 4.79 Å². The summed E-state index contributed by atoms with van der Waals surface area (Å²) in [6, 6.07) is 17.4. The Hall–Kier alpha value is -2.75. The first-order valence-electron chi connectivity index (χ1n) is 7.68. The number of carbonyl (C=O) groups excluding carboxylic acids is 1. The molecule has 1 aromatic carbocycles. The quantitative estimate of drug-likeness (QED) is 0.662. The lowest BCUT2D eigenvalue weighted by molar-refractivity contribution is -0.133. The molecule has 4 heteroatoms. The number of amides is 1. The van der Waals surface area contributed by atoms with Gasteiger partial charge >= 0.3 is 0 Å². The molecule has 3 rings (SSSR count). The van der Waals surface area contributed by atoms with E-state index >= 15 is 0 Å². The normalized spacial score (nSPS) is 10.6. The summed E-state index contributed by atoms with van der Waals surface area (Å²) in [7, 11) is 0. The third-order valence-electron chi connectivity index (χ3n) is 3.68. The van der Waals surface area contributed by atoms with Crippen LogP contribution in [0.2, 0.25) is 0 Å². The van der Waals surface area contributed by atoms with Crippen molar-refractivity contribution in [2.45, 2.75) is 25.9 Å². The minimum atomic E-state index is 0.0849. The minimum absolute atomic E-state index is 0.0849. The smallest absolute Gasteiger partial charge is 0.223 e. The second kappa shape index (κ2) is 7.49. The Bertz CT molecular complexity index is 666. The molecule has 4 nitrogen and oxygen atoms in total. The molecule has 23 heavy (non-hydrogen) atoms. The molecule has 0 atom stereocenters. The largest absolute Gasteiger partial charge is 0.467 e. The lowest BCUT2D eigenvalue weighted by Crippen LogP contribution is -2.30. The van der Waals surface area contributed by atoms with Crippen LogP contribution in [-0.2, 0) is 24.3 Å². The van der Waals surface area contributed by atoms with Crippen LogP contribution in [0.5, 0.6) is 0 Å². The van der Waals surface area contributed by atoms with Crippen LogP contribution in [-0.4, -0.2) is 10.8 Å². The van der Waals surface area contributed by atoms with Crippen LogP contribution in [0.4, 0.5) is 0 Å². The summed E-state index contributed by atoms with van der Waals surface area (Å²) < 4.78 is 10.7. The van der Waals surface area contributed by atoms with Gasteiger partial charge in [0.25, 0.3) is 0 Å². The lowest BCUT2D eigenvalue weighted by Gasteiger charge is -2.20. The highest BCUT2D eigenvalue weighted by Gasteiger charge is 2.17. The summed E-state index contributed by atoms with van der Waals surface area (Å²) in [5.74, 6) is 1.62. The standard InChI is InChI=1S/C19H19NO3/c21-19(11-10-16-6-2-1-3-7-16)20(14-17-8-4-12-22-17)15-18-9-5-13-23-18/h1-9,12-13H,10-11,14-15H2. The fourth-order valence-electron chi connectivity index (χ4n) is 2.47. The number of nitrogens with zero attached hydrogens (tertiary/aromatic N) is 1. The molecule has 3 aromatic rings. The maximum atomic E-state index is 12.6. The van der Waals surface area contributed by atoms with Crippen molar-refractivity contribution in [1.29, 1.82) is 0 Å². The summed E-state index contributed by atoms with van der Waals surface area (Å²) in [6.07, 6.45) is 4.43.